The number of amides is 3. The monoisotopic (exact) mass is 676 g/mol. The van der Waals surface area contributed by atoms with Gasteiger partial charge >= 0.3 is 17.8 Å². The number of nitrogens with zero attached hydrogens (tertiary/aromatic N) is 1. The molecule has 3 N–H and O–H groups in total. The number of hydrogen-bond acceptors (Lipinski definition) is 6. The van der Waals surface area contributed by atoms with Crippen molar-refractivity contribution in [3.8, 4) is 5.75 Å². The number of hydrogen-bond donors (Lipinski definition) is 3. The fraction of sp³-hybridized carbons (Fsp3) is 0.0333. The zero-order valence-electron chi connectivity index (χ0n) is 21.5. The molecule has 0 radical (unpaired) electrons. The van der Waals surface area contributed by atoms with Gasteiger partial charge in [0.25, 0.3) is 5.91 Å². The van der Waals surface area contributed by atoms with E-state index < -0.39 is 23.7 Å². The van der Waals surface area contributed by atoms with Crippen molar-refractivity contribution in [3.05, 3.63) is 122 Å². The molecule has 206 valence electrons. The molecule has 41 heavy (non-hydrogen) atoms. The number of ether oxygens (including phenoxy) is 1. The molecule has 0 aromatic heterocycles. The van der Waals surface area contributed by atoms with Crippen LogP contribution in [0.25, 0.3) is 0 Å². The summed E-state index contributed by atoms with van der Waals surface area (Å²) in [7, 11) is 0. The Morgan fingerprint density at radius 3 is 2.20 bits per heavy atom. The second-order valence-corrected chi connectivity index (χ2v) is 10.4. The molecule has 0 spiro atoms. The minimum Gasteiger partial charge on any atom is -0.422 e. The van der Waals surface area contributed by atoms with Crippen LogP contribution in [0.3, 0.4) is 0 Å². The zero-order chi connectivity index (χ0) is 29.4. The Kier molecular flexibility index (Phi) is 9.77. The third kappa shape index (κ3) is 8.19. The minimum atomic E-state index is -1.07. The molecule has 0 saturated carbocycles. The molecular weight excluding hydrogens is 656 g/mol. The highest BCUT2D eigenvalue weighted by molar-refractivity contribution is 9.10. The van der Waals surface area contributed by atoms with Gasteiger partial charge in [0.15, 0.2) is 0 Å². The van der Waals surface area contributed by atoms with Crippen LogP contribution in [0.5, 0.6) is 5.75 Å². The second kappa shape index (κ2) is 13.6. The van der Waals surface area contributed by atoms with E-state index in [1.165, 1.54) is 18.3 Å². The normalized spacial score (nSPS) is 10.6. The summed E-state index contributed by atoms with van der Waals surface area (Å²) >= 11 is 6.69. The number of benzene rings is 4. The summed E-state index contributed by atoms with van der Waals surface area (Å²) in [5.41, 5.74) is 4.75. The van der Waals surface area contributed by atoms with Gasteiger partial charge < -0.3 is 15.4 Å². The molecular formula is C30H22Br2N4O5. The summed E-state index contributed by atoms with van der Waals surface area (Å²) in [6.07, 6.45) is 1.24. The first-order chi connectivity index (χ1) is 19.7. The van der Waals surface area contributed by atoms with Gasteiger partial charge in [-0.25, -0.2) is 10.2 Å². The smallest absolute Gasteiger partial charge is 0.343 e. The maximum absolute atomic E-state index is 12.8. The van der Waals surface area contributed by atoms with Crippen molar-refractivity contribution in [2.45, 2.75) is 6.92 Å². The maximum atomic E-state index is 12.8. The number of para-hydroxylation sites is 1. The molecule has 0 heterocycles. The summed E-state index contributed by atoms with van der Waals surface area (Å²) in [4.78, 5) is 50.4. The van der Waals surface area contributed by atoms with Crippen LogP contribution in [-0.4, -0.2) is 29.9 Å². The Hall–Kier alpha value is -4.61. The molecule has 0 unspecified atom stereocenters. The van der Waals surface area contributed by atoms with E-state index in [4.69, 9.17) is 4.74 Å². The lowest BCUT2D eigenvalue weighted by atomic mass is 10.1. The van der Waals surface area contributed by atoms with Crippen molar-refractivity contribution in [2.24, 2.45) is 5.10 Å². The number of nitrogens with one attached hydrogen (secondary N) is 3. The molecule has 0 saturated heterocycles. The fourth-order valence-electron chi connectivity index (χ4n) is 3.47. The lowest BCUT2D eigenvalue weighted by molar-refractivity contribution is -0.136. The Labute approximate surface area is 252 Å². The molecule has 4 aromatic rings. The Morgan fingerprint density at radius 2 is 1.46 bits per heavy atom. The first-order valence-electron chi connectivity index (χ1n) is 12.1. The van der Waals surface area contributed by atoms with E-state index in [2.05, 4.69) is 53.0 Å². The van der Waals surface area contributed by atoms with Crippen molar-refractivity contribution in [3.63, 3.8) is 0 Å². The molecule has 3 amide bonds. The van der Waals surface area contributed by atoms with Gasteiger partial charge in [-0.05, 0) is 73.7 Å². The quantitative estimate of drug-likeness (QED) is 0.0719. The lowest BCUT2D eigenvalue weighted by Gasteiger charge is -2.11. The highest BCUT2D eigenvalue weighted by Crippen LogP contribution is 2.23. The first kappa shape index (κ1) is 29.4. The molecule has 0 aliphatic rings. The van der Waals surface area contributed by atoms with Crippen LogP contribution in [-0.2, 0) is 9.59 Å². The Balaban J connectivity index is 1.40. The van der Waals surface area contributed by atoms with Gasteiger partial charge in [-0.15, -0.1) is 0 Å². The molecule has 0 atom stereocenters. The van der Waals surface area contributed by atoms with E-state index in [9.17, 15) is 19.2 Å². The van der Waals surface area contributed by atoms with Gasteiger partial charge in [0.2, 0.25) is 0 Å². The van der Waals surface area contributed by atoms with E-state index >= 15 is 0 Å². The van der Waals surface area contributed by atoms with E-state index in [1.807, 2.05) is 6.92 Å². The van der Waals surface area contributed by atoms with Crippen molar-refractivity contribution in [1.29, 1.82) is 0 Å². The van der Waals surface area contributed by atoms with Crippen molar-refractivity contribution < 1.29 is 23.9 Å². The summed E-state index contributed by atoms with van der Waals surface area (Å²) in [5, 5.41) is 9.01. The molecule has 4 aromatic carbocycles. The Morgan fingerprint density at radius 1 is 0.780 bits per heavy atom. The molecule has 4 rings (SSSR count). The molecule has 0 fully saturated rings. The average molecular weight is 678 g/mol. The number of carbonyl (C=O) groups is 4. The van der Waals surface area contributed by atoms with E-state index in [0.29, 0.717) is 21.3 Å². The zero-order valence-corrected chi connectivity index (χ0v) is 24.7. The predicted molar refractivity (Wildman–Crippen MR) is 163 cm³/mol. The molecule has 0 bridgehead atoms. The summed E-state index contributed by atoms with van der Waals surface area (Å²) < 4.78 is 7.05. The number of halogens is 2. The second-order valence-electron chi connectivity index (χ2n) is 8.60. The maximum Gasteiger partial charge on any atom is 0.343 e. The van der Waals surface area contributed by atoms with Gasteiger partial charge in [-0.3, -0.25) is 14.4 Å². The van der Waals surface area contributed by atoms with Crippen LogP contribution in [0.15, 0.2) is 105 Å². The fourth-order valence-corrected chi connectivity index (χ4v) is 4.12. The molecule has 11 heteroatoms. The third-order valence-corrected chi connectivity index (χ3v) is 6.58. The van der Waals surface area contributed by atoms with Crippen molar-refractivity contribution in [1.82, 2.24) is 5.43 Å². The van der Waals surface area contributed by atoms with E-state index in [0.717, 1.165) is 10.0 Å². The largest absolute Gasteiger partial charge is 0.422 e. The SMILES string of the molecule is Cc1ccc(C(=O)Oc2ccc(Br)cc2/C=N/NC(=O)C(=O)Nc2ccccc2C(=O)Nc2ccc(Br)cc2)cc1. The number of aryl methyl sites for hydroxylation is 1. The molecule has 0 aliphatic carbocycles. The standard InChI is InChI=1S/C30H22Br2N4O5/c1-18-6-8-19(9-7-18)30(40)41-26-15-12-22(32)16-20(26)17-33-36-29(39)28(38)35-25-5-3-2-4-24(25)27(37)34-23-13-10-21(31)11-14-23/h2-17H,1H3,(H,34,37)(H,35,38)(H,36,39)/b33-17+. The van der Waals surface area contributed by atoms with E-state index in [1.54, 1.807) is 78.9 Å². The highest BCUT2D eigenvalue weighted by Gasteiger charge is 2.18. The Bertz CT molecular complexity index is 1640. The number of hydrazone groups is 1. The summed E-state index contributed by atoms with van der Waals surface area (Å²) in [6.45, 7) is 1.91. The van der Waals surface area contributed by atoms with Crippen molar-refractivity contribution >= 4 is 73.1 Å². The highest BCUT2D eigenvalue weighted by atomic mass is 79.9. The number of rotatable bonds is 7. The molecule has 9 nitrogen and oxygen atoms in total. The lowest BCUT2D eigenvalue weighted by Crippen LogP contribution is -2.33. The van der Waals surface area contributed by atoms with Gasteiger partial charge in [-0.2, -0.15) is 5.10 Å². The first-order valence-corrected chi connectivity index (χ1v) is 13.7. The van der Waals surface area contributed by atoms with Gasteiger partial charge in [0, 0.05) is 20.2 Å². The molecule has 0 aliphatic heterocycles. The summed E-state index contributed by atoms with van der Waals surface area (Å²) in [6, 6.07) is 25.1. The van der Waals surface area contributed by atoms with Gasteiger partial charge in [-0.1, -0.05) is 61.7 Å². The van der Waals surface area contributed by atoms with Crippen molar-refractivity contribution in [2.75, 3.05) is 10.6 Å². The van der Waals surface area contributed by atoms with Crippen LogP contribution >= 0.6 is 31.9 Å². The number of anilines is 2. The van der Waals surface area contributed by atoms with Crippen LogP contribution in [0.4, 0.5) is 11.4 Å². The van der Waals surface area contributed by atoms with Crippen LogP contribution in [0.1, 0.15) is 31.8 Å². The van der Waals surface area contributed by atoms with Crippen LogP contribution in [0.2, 0.25) is 0 Å². The topological polar surface area (TPSA) is 126 Å². The summed E-state index contributed by atoms with van der Waals surface area (Å²) in [5.74, 6) is -2.94. The van der Waals surface area contributed by atoms with Gasteiger partial charge in [0.05, 0.1) is 23.0 Å². The average Bonchev–Trinajstić information content (AvgIpc) is 2.96. The predicted octanol–water partition coefficient (Wildman–Crippen LogP) is 6.08. The van der Waals surface area contributed by atoms with Crippen LogP contribution in [0, 0.1) is 6.92 Å². The minimum absolute atomic E-state index is 0.142. The third-order valence-electron chi connectivity index (χ3n) is 5.56. The number of esters is 1. The van der Waals surface area contributed by atoms with E-state index in [-0.39, 0.29) is 17.0 Å². The van der Waals surface area contributed by atoms with Crippen LogP contribution < -0.4 is 20.8 Å². The number of carbonyl (C=O) groups excluding carboxylic acids is 4. The van der Waals surface area contributed by atoms with Gasteiger partial charge in [0.1, 0.15) is 5.75 Å².